The minimum atomic E-state index is 0.121. The fourth-order valence-corrected chi connectivity index (χ4v) is 3.14. The van der Waals surface area contributed by atoms with Crippen molar-refractivity contribution in [3.8, 4) is 0 Å². The van der Waals surface area contributed by atoms with Crippen LogP contribution in [0.2, 0.25) is 0 Å². The lowest BCUT2D eigenvalue weighted by atomic mass is 9.99. The number of carbonyl (C=O) groups is 1. The summed E-state index contributed by atoms with van der Waals surface area (Å²) in [6, 6.07) is 4.10. The van der Waals surface area contributed by atoms with Crippen molar-refractivity contribution in [2.45, 2.75) is 31.4 Å². The lowest BCUT2D eigenvalue weighted by Gasteiger charge is -2.38. The van der Waals surface area contributed by atoms with Gasteiger partial charge in [0, 0.05) is 31.1 Å². The Balaban J connectivity index is 1.96. The summed E-state index contributed by atoms with van der Waals surface area (Å²) >= 11 is 1.63. The summed E-state index contributed by atoms with van der Waals surface area (Å²) in [5, 5.41) is 2.00. The molecule has 1 amide bonds. The van der Waals surface area contributed by atoms with Crippen LogP contribution in [0, 0.1) is 0 Å². The van der Waals surface area contributed by atoms with E-state index in [4.69, 9.17) is 10.5 Å². The topological polar surface area (TPSA) is 55.6 Å². The number of rotatable bonds is 4. The molecule has 0 spiro atoms. The van der Waals surface area contributed by atoms with Gasteiger partial charge in [-0.1, -0.05) is 6.07 Å². The predicted molar refractivity (Wildman–Crippen MR) is 72.6 cm³/mol. The Kier molecular flexibility index (Phi) is 4.74. The summed E-state index contributed by atoms with van der Waals surface area (Å²) in [5.41, 5.74) is 5.77. The SMILES string of the molecule is CO[C@@H]1CCN(C(=O)Cc2cccs2)[C@@H](CN)C1. The average molecular weight is 268 g/mol. The molecule has 18 heavy (non-hydrogen) atoms. The van der Waals surface area contributed by atoms with Crippen LogP contribution in [0.15, 0.2) is 17.5 Å². The van der Waals surface area contributed by atoms with Crippen molar-refractivity contribution >= 4 is 17.2 Å². The third-order valence-corrected chi connectivity index (χ3v) is 4.38. The highest BCUT2D eigenvalue weighted by Gasteiger charge is 2.30. The molecule has 1 aliphatic heterocycles. The number of ether oxygens (including phenoxy) is 1. The first-order chi connectivity index (χ1) is 8.74. The van der Waals surface area contributed by atoms with Crippen LogP contribution in [0.4, 0.5) is 0 Å². The second kappa shape index (κ2) is 6.31. The zero-order valence-corrected chi connectivity index (χ0v) is 11.5. The molecule has 1 fully saturated rings. The molecule has 0 bridgehead atoms. The molecule has 0 radical (unpaired) electrons. The molecule has 0 unspecified atom stereocenters. The van der Waals surface area contributed by atoms with E-state index in [1.165, 1.54) is 0 Å². The lowest BCUT2D eigenvalue weighted by Crippen LogP contribution is -2.51. The van der Waals surface area contributed by atoms with Crippen LogP contribution in [0.25, 0.3) is 0 Å². The van der Waals surface area contributed by atoms with Gasteiger partial charge in [0.05, 0.1) is 12.5 Å². The van der Waals surface area contributed by atoms with Crippen molar-refractivity contribution in [1.29, 1.82) is 0 Å². The number of piperidine rings is 1. The Labute approximate surface area is 112 Å². The van der Waals surface area contributed by atoms with E-state index in [1.807, 2.05) is 22.4 Å². The number of nitrogens with two attached hydrogens (primary N) is 1. The molecule has 1 saturated heterocycles. The Morgan fingerprint density at radius 2 is 2.50 bits per heavy atom. The first-order valence-corrected chi connectivity index (χ1v) is 7.17. The molecule has 1 aromatic heterocycles. The quantitative estimate of drug-likeness (QED) is 0.894. The largest absolute Gasteiger partial charge is 0.381 e. The summed E-state index contributed by atoms with van der Waals surface area (Å²) < 4.78 is 5.37. The number of nitrogens with zero attached hydrogens (tertiary/aromatic N) is 1. The van der Waals surface area contributed by atoms with E-state index in [-0.39, 0.29) is 18.1 Å². The summed E-state index contributed by atoms with van der Waals surface area (Å²) in [6.45, 7) is 1.26. The van der Waals surface area contributed by atoms with E-state index in [0.717, 1.165) is 24.3 Å². The van der Waals surface area contributed by atoms with Crippen molar-refractivity contribution < 1.29 is 9.53 Å². The van der Waals surface area contributed by atoms with Crippen LogP contribution in [0.1, 0.15) is 17.7 Å². The molecule has 0 aromatic carbocycles. The molecule has 5 heteroatoms. The molecule has 1 aliphatic rings. The first-order valence-electron chi connectivity index (χ1n) is 6.29. The third-order valence-electron chi connectivity index (χ3n) is 3.50. The zero-order valence-electron chi connectivity index (χ0n) is 10.7. The van der Waals surface area contributed by atoms with Crippen molar-refractivity contribution in [3.63, 3.8) is 0 Å². The van der Waals surface area contributed by atoms with Crippen LogP contribution < -0.4 is 5.73 Å². The Morgan fingerprint density at radius 3 is 3.11 bits per heavy atom. The fraction of sp³-hybridized carbons (Fsp3) is 0.615. The number of amides is 1. The van der Waals surface area contributed by atoms with Crippen molar-refractivity contribution in [1.82, 2.24) is 4.90 Å². The minimum Gasteiger partial charge on any atom is -0.381 e. The fourth-order valence-electron chi connectivity index (χ4n) is 2.44. The van der Waals surface area contributed by atoms with Gasteiger partial charge in [-0.25, -0.2) is 0 Å². The summed E-state index contributed by atoms with van der Waals surface area (Å²) in [7, 11) is 1.72. The molecular formula is C13H20N2O2S. The standard InChI is InChI=1S/C13H20N2O2S/c1-17-11-4-5-15(10(7-11)9-14)13(16)8-12-3-2-6-18-12/h2-3,6,10-11H,4-5,7-9,14H2,1H3/t10-,11-/m1/s1. The molecule has 0 saturated carbocycles. The second-order valence-electron chi connectivity index (χ2n) is 4.61. The Bertz CT molecular complexity index is 380. The summed E-state index contributed by atoms with van der Waals surface area (Å²) in [4.78, 5) is 15.3. The van der Waals surface area contributed by atoms with Gasteiger partial charge in [0.1, 0.15) is 0 Å². The third kappa shape index (κ3) is 3.10. The number of hydrogen-bond donors (Lipinski definition) is 1. The number of carbonyl (C=O) groups excluding carboxylic acids is 1. The van der Waals surface area contributed by atoms with Crippen LogP contribution in [0.5, 0.6) is 0 Å². The van der Waals surface area contributed by atoms with Gasteiger partial charge in [0.15, 0.2) is 0 Å². The van der Waals surface area contributed by atoms with Crippen LogP contribution in [-0.2, 0) is 16.0 Å². The van der Waals surface area contributed by atoms with Crippen molar-refractivity contribution in [2.75, 3.05) is 20.2 Å². The second-order valence-corrected chi connectivity index (χ2v) is 5.65. The number of likely N-dealkylation sites (tertiary alicyclic amines) is 1. The van der Waals surface area contributed by atoms with E-state index in [9.17, 15) is 4.79 Å². The smallest absolute Gasteiger partial charge is 0.228 e. The van der Waals surface area contributed by atoms with Gasteiger partial charge in [-0.2, -0.15) is 0 Å². The highest BCUT2D eigenvalue weighted by molar-refractivity contribution is 7.10. The maximum Gasteiger partial charge on any atom is 0.228 e. The Morgan fingerprint density at radius 1 is 1.67 bits per heavy atom. The van der Waals surface area contributed by atoms with Crippen LogP contribution in [-0.4, -0.2) is 43.2 Å². The average Bonchev–Trinajstić information content (AvgIpc) is 2.90. The van der Waals surface area contributed by atoms with E-state index in [0.29, 0.717) is 13.0 Å². The highest BCUT2D eigenvalue weighted by Crippen LogP contribution is 2.21. The van der Waals surface area contributed by atoms with E-state index in [1.54, 1.807) is 18.4 Å². The number of methoxy groups -OCH3 is 1. The molecule has 2 heterocycles. The van der Waals surface area contributed by atoms with Crippen molar-refractivity contribution in [3.05, 3.63) is 22.4 Å². The normalized spacial score (nSPS) is 24.2. The van der Waals surface area contributed by atoms with Crippen LogP contribution in [0.3, 0.4) is 0 Å². The monoisotopic (exact) mass is 268 g/mol. The molecule has 2 N–H and O–H groups in total. The van der Waals surface area contributed by atoms with E-state index >= 15 is 0 Å². The van der Waals surface area contributed by atoms with E-state index < -0.39 is 0 Å². The lowest BCUT2D eigenvalue weighted by molar-refractivity contribution is -0.136. The summed E-state index contributed by atoms with van der Waals surface area (Å²) in [6.07, 6.45) is 2.49. The van der Waals surface area contributed by atoms with Crippen molar-refractivity contribution in [2.24, 2.45) is 5.73 Å². The predicted octanol–water partition coefficient (Wildman–Crippen LogP) is 1.26. The van der Waals surface area contributed by atoms with Gasteiger partial charge in [-0.05, 0) is 24.3 Å². The molecule has 2 rings (SSSR count). The number of hydrogen-bond acceptors (Lipinski definition) is 4. The summed E-state index contributed by atoms with van der Waals surface area (Å²) in [5.74, 6) is 0.183. The molecule has 4 nitrogen and oxygen atoms in total. The van der Waals surface area contributed by atoms with Gasteiger partial charge >= 0.3 is 0 Å². The highest BCUT2D eigenvalue weighted by atomic mass is 32.1. The molecule has 100 valence electrons. The van der Waals surface area contributed by atoms with Gasteiger partial charge < -0.3 is 15.4 Å². The Hall–Kier alpha value is -0.910. The molecular weight excluding hydrogens is 248 g/mol. The van der Waals surface area contributed by atoms with Gasteiger partial charge in [-0.3, -0.25) is 4.79 Å². The zero-order chi connectivity index (χ0) is 13.0. The van der Waals surface area contributed by atoms with Gasteiger partial charge in [0.2, 0.25) is 5.91 Å². The minimum absolute atomic E-state index is 0.121. The van der Waals surface area contributed by atoms with Crippen LogP contribution >= 0.6 is 11.3 Å². The first kappa shape index (κ1) is 13.5. The maximum atomic E-state index is 12.3. The van der Waals surface area contributed by atoms with Gasteiger partial charge in [-0.15, -0.1) is 11.3 Å². The molecule has 0 aliphatic carbocycles. The number of thiophene rings is 1. The molecule has 2 atom stereocenters. The van der Waals surface area contributed by atoms with E-state index in [2.05, 4.69) is 0 Å². The maximum absolute atomic E-state index is 12.3. The van der Waals surface area contributed by atoms with Gasteiger partial charge in [0.25, 0.3) is 0 Å². The molecule has 1 aromatic rings.